The second-order valence-corrected chi connectivity index (χ2v) is 8.24. The lowest BCUT2D eigenvalue weighted by Crippen LogP contribution is -2.20. The molecule has 0 heterocycles. The third-order valence-electron chi connectivity index (χ3n) is 5.25. The average molecular weight is 373 g/mol. The van der Waals surface area contributed by atoms with Gasteiger partial charge in [-0.1, -0.05) is 31.6 Å². The molecule has 0 fully saturated rings. The summed E-state index contributed by atoms with van der Waals surface area (Å²) in [5, 5.41) is 9.72. The maximum absolute atomic E-state index is 12.7. The minimum absolute atomic E-state index is 0.000794. The number of hydrogen-bond acceptors (Lipinski definition) is 4. The van der Waals surface area contributed by atoms with Crippen LogP contribution in [-0.4, -0.2) is 24.3 Å². The van der Waals surface area contributed by atoms with Crippen molar-refractivity contribution < 1.29 is 19.4 Å². The second-order valence-electron chi connectivity index (χ2n) is 8.24. The number of carbonyl (C=O) groups is 1. The Labute approximate surface area is 162 Å². The molecule has 1 N–H and O–H groups in total. The summed E-state index contributed by atoms with van der Waals surface area (Å²) in [4.78, 5) is 12.7. The fourth-order valence-corrected chi connectivity index (χ4v) is 3.26. The van der Waals surface area contributed by atoms with Crippen molar-refractivity contribution in [2.24, 2.45) is 5.41 Å². The lowest BCUT2D eigenvalue weighted by atomic mass is 9.83. The lowest BCUT2D eigenvalue weighted by molar-refractivity contribution is 0.0378. The van der Waals surface area contributed by atoms with Crippen molar-refractivity contribution in [2.45, 2.75) is 65.9 Å². The number of rotatable bonds is 3. The Balaban J connectivity index is 2.22. The van der Waals surface area contributed by atoms with Crippen LogP contribution in [0.15, 0.2) is 41.5 Å². The van der Waals surface area contributed by atoms with Crippen molar-refractivity contribution in [3.8, 4) is 11.5 Å². The van der Waals surface area contributed by atoms with Gasteiger partial charge in [0.2, 0.25) is 0 Å². The van der Waals surface area contributed by atoms with Gasteiger partial charge in [-0.15, -0.1) is 0 Å². The van der Waals surface area contributed by atoms with Crippen LogP contribution in [0.25, 0.3) is 0 Å². The maximum atomic E-state index is 12.7. The molecule has 0 bridgehead atoms. The highest BCUT2D eigenvalue weighted by atomic mass is 16.5. The molecule has 1 aliphatic rings. The molecule has 1 aromatic rings. The van der Waals surface area contributed by atoms with E-state index in [2.05, 4.69) is 32.9 Å². The van der Waals surface area contributed by atoms with E-state index in [0.717, 1.165) is 18.4 Å². The number of benzene rings is 1. The van der Waals surface area contributed by atoms with Crippen LogP contribution in [0.5, 0.6) is 11.5 Å². The summed E-state index contributed by atoms with van der Waals surface area (Å²) in [7, 11) is 1.45. The molecule has 0 saturated heterocycles. The Bertz CT molecular complexity index is 728. The fraction of sp³-hybridized carbons (Fsp3) is 0.522. The van der Waals surface area contributed by atoms with E-state index in [-0.39, 0.29) is 23.0 Å². The quantitative estimate of drug-likeness (QED) is 0.537. The van der Waals surface area contributed by atoms with E-state index >= 15 is 0 Å². The Kier molecular flexibility index (Phi) is 7.11. The molecule has 0 saturated carbocycles. The Hall–Kier alpha value is -2.23. The summed E-state index contributed by atoms with van der Waals surface area (Å²) in [5.74, 6) is -0.149. The second kappa shape index (κ2) is 9.12. The van der Waals surface area contributed by atoms with Gasteiger partial charge >= 0.3 is 5.97 Å². The molecular formula is C23H32O4. The summed E-state index contributed by atoms with van der Waals surface area (Å²) in [6.45, 7) is 8.76. The number of allylic oxidation sites excluding steroid dienone is 2. The fourth-order valence-electron chi connectivity index (χ4n) is 3.26. The SMILES string of the molecule is COc1cc(C(=O)OC2CC=C(C)CCCC(C)(C)CC=C2C)ccc1O. The predicted octanol–water partition coefficient (Wildman–Crippen LogP) is 5.81. The zero-order valence-corrected chi connectivity index (χ0v) is 17.2. The Morgan fingerprint density at radius 3 is 2.67 bits per heavy atom. The monoisotopic (exact) mass is 372 g/mol. The van der Waals surface area contributed by atoms with Gasteiger partial charge < -0.3 is 14.6 Å². The van der Waals surface area contributed by atoms with Gasteiger partial charge in [-0.3, -0.25) is 0 Å². The number of hydrogen-bond donors (Lipinski definition) is 1. The highest BCUT2D eigenvalue weighted by Crippen LogP contribution is 2.31. The molecule has 0 radical (unpaired) electrons. The first-order valence-electron chi connectivity index (χ1n) is 9.62. The van der Waals surface area contributed by atoms with Gasteiger partial charge in [-0.2, -0.15) is 0 Å². The van der Waals surface area contributed by atoms with Crippen molar-refractivity contribution in [1.29, 1.82) is 0 Å². The molecule has 4 heteroatoms. The number of ether oxygens (including phenoxy) is 2. The van der Waals surface area contributed by atoms with E-state index in [1.54, 1.807) is 6.07 Å². The highest BCUT2D eigenvalue weighted by molar-refractivity contribution is 5.90. The summed E-state index contributed by atoms with van der Waals surface area (Å²) in [6.07, 6.45) is 9.20. The van der Waals surface area contributed by atoms with Crippen LogP contribution in [-0.2, 0) is 4.74 Å². The van der Waals surface area contributed by atoms with Crippen molar-refractivity contribution in [2.75, 3.05) is 7.11 Å². The van der Waals surface area contributed by atoms with Crippen molar-refractivity contribution >= 4 is 5.97 Å². The van der Waals surface area contributed by atoms with Crippen molar-refractivity contribution in [3.63, 3.8) is 0 Å². The molecule has 148 valence electrons. The maximum Gasteiger partial charge on any atom is 0.338 e. The molecule has 1 aromatic carbocycles. The summed E-state index contributed by atoms with van der Waals surface area (Å²) in [5.41, 5.74) is 3.03. The molecule has 0 aromatic heterocycles. The zero-order chi connectivity index (χ0) is 20.0. The van der Waals surface area contributed by atoms with Crippen LogP contribution >= 0.6 is 0 Å². The molecule has 0 aliphatic heterocycles. The molecule has 1 aliphatic carbocycles. The number of phenolic OH excluding ortho intramolecular Hbond substituents is 1. The summed E-state index contributed by atoms with van der Waals surface area (Å²) in [6, 6.07) is 4.50. The lowest BCUT2D eigenvalue weighted by Gasteiger charge is -2.24. The summed E-state index contributed by atoms with van der Waals surface area (Å²) < 4.78 is 10.9. The van der Waals surface area contributed by atoms with E-state index in [0.29, 0.717) is 12.0 Å². The first kappa shape index (κ1) is 21.1. The van der Waals surface area contributed by atoms with Gasteiger partial charge in [0, 0.05) is 6.42 Å². The van der Waals surface area contributed by atoms with Gasteiger partial charge in [0.05, 0.1) is 12.7 Å². The van der Waals surface area contributed by atoms with Crippen LogP contribution in [0.4, 0.5) is 0 Å². The molecular weight excluding hydrogens is 340 g/mol. The largest absolute Gasteiger partial charge is 0.504 e. The standard InChI is InChI=1S/C23H32O4/c1-16-7-6-13-23(3,4)14-12-17(2)20(11-8-16)27-22(25)18-9-10-19(24)21(15-18)26-5/h8-10,12,15,20,24H,6-7,11,13-14H2,1-5H3. The highest BCUT2D eigenvalue weighted by Gasteiger charge is 2.21. The first-order valence-corrected chi connectivity index (χ1v) is 9.62. The van der Waals surface area contributed by atoms with Crippen molar-refractivity contribution in [1.82, 2.24) is 0 Å². The predicted molar refractivity (Wildman–Crippen MR) is 108 cm³/mol. The van der Waals surface area contributed by atoms with Crippen LogP contribution in [0.3, 0.4) is 0 Å². The molecule has 2 rings (SSSR count). The smallest absolute Gasteiger partial charge is 0.338 e. The van der Waals surface area contributed by atoms with E-state index in [1.807, 2.05) is 6.92 Å². The van der Waals surface area contributed by atoms with E-state index in [4.69, 9.17) is 9.47 Å². The molecule has 0 spiro atoms. The molecule has 1 unspecified atom stereocenters. The van der Waals surface area contributed by atoms with Gasteiger partial charge in [0.1, 0.15) is 6.10 Å². The number of esters is 1. The van der Waals surface area contributed by atoms with Crippen LogP contribution in [0, 0.1) is 5.41 Å². The number of methoxy groups -OCH3 is 1. The summed E-state index contributed by atoms with van der Waals surface area (Å²) >= 11 is 0. The minimum atomic E-state index is -0.411. The van der Waals surface area contributed by atoms with E-state index in [1.165, 1.54) is 37.7 Å². The van der Waals surface area contributed by atoms with Crippen LogP contribution in [0.2, 0.25) is 0 Å². The minimum Gasteiger partial charge on any atom is -0.504 e. The van der Waals surface area contributed by atoms with E-state index < -0.39 is 5.97 Å². The molecule has 0 amide bonds. The number of carbonyl (C=O) groups excluding carboxylic acids is 1. The zero-order valence-electron chi connectivity index (χ0n) is 17.2. The number of aromatic hydroxyl groups is 1. The van der Waals surface area contributed by atoms with Gasteiger partial charge in [0.25, 0.3) is 0 Å². The van der Waals surface area contributed by atoms with Crippen molar-refractivity contribution in [3.05, 3.63) is 47.1 Å². The van der Waals surface area contributed by atoms with Gasteiger partial charge in [-0.05, 0) is 68.7 Å². The Morgan fingerprint density at radius 2 is 1.96 bits per heavy atom. The van der Waals surface area contributed by atoms with E-state index in [9.17, 15) is 9.90 Å². The first-order chi connectivity index (χ1) is 12.7. The molecule has 1 atom stereocenters. The topological polar surface area (TPSA) is 55.8 Å². The van der Waals surface area contributed by atoms with Gasteiger partial charge in [-0.25, -0.2) is 4.79 Å². The van der Waals surface area contributed by atoms with Crippen LogP contribution < -0.4 is 4.74 Å². The third kappa shape index (κ3) is 6.16. The number of phenols is 1. The molecule has 4 nitrogen and oxygen atoms in total. The van der Waals surface area contributed by atoms with Crippen LogP contribution in [0.1, 0.15) is 70.2 Å². The molecule has 27 heavy (non-hydrogen) atoms. The Morgan fingerprint density at radius 1 is 1.22 bits per heavy atom. The average Bonchev–Trinajstić information content (AvgIpc) is 2.64. The third-order valence-corrected chi connectivity index (χ3v) is 5.25. The normalized spacial score (nSPS) is 20.7. The van der Waals surface area contributed by atoms with Gasteiger partial charge in [0.15, 0.2) is 11.5 Å².